The second-order valence-electron chi connectivity index (χ2n) is 8.66. The van der Waals surface area contributed by atoms with Gasteiger partial charge in [-0.1, -0.05) is 12.1 Å². The van der Waals surface area contributed by atoms with Crippen LogP contribution >= 0.6 is 0 Å². The fourth-order valence-electron chi connectivity index (χ4n) is 5.36. The highest BCUT2D eigenvalue weighted by atomic mass is 16.2. The minimum absolute atomic E-state index is 0.105. The average Bonchev–Trinajstić information content (AvgIpc) is 2.90. The molecule has 3 heterocycles. The number of amides is 3. The molecule has 0 radical (unpaired) electrons. The summed E-state index contributed by atoms with van der Waals surface area (Å²) in [4.78, 5) is 40.5. The third kappa shape index (κ3) is 2.68. The zero-order chi connectivity index (χ0) is 18.8. The maximum atomic E-state index is 12.9. The molecule has 1 aromatic rings. The van der Waals surface area contributed by atoms with Crippen LogP contribution in [-0.4, -0.2) is 52.7 Å². The van der Waals surface area contributed by atoms with Crippen molar-refractivity contribution in [3.8, 4) is 0 Å². The molecule has 7 heteroatoms. The lowest BCUT2D eigenvalue weighted by Crippen LogP contribution is -2.64. The molecule has 3 aliphatic heterocycles. The molecule has 0 aromatic heterocycles. The van der Waals surface area contributed by atoms with E-state index in [0.29, 0.717) is 30.0 Å². The molecule has 1 aromatic carbocycles. The van der Waals surface area contributed by atoms with Crippen LogP contribution in [0, 0.1) is 5.41 Å². The highest BCUT2D eigenvalue weighted by Crippen LogP contribution is 2.48. The van der Waals surface area contributed by atoms with E-state index in [1.54, 1.807) is 4.90 Å². The number of hydrogen-bond acceptors (Lipinski definition) is 5. The Morgan fingerprint density at radius 3 is 2.67 bits per heavy atom. The summed E-state index contributed by atoms with van der Waals surface area (Å²) >= 11 is 0. The fraction of sp³-hybridized carbons (Fsp3) is 0.550. The van der Waals surface area contributed by atoms with Gasteiger partial charge in [0.1, 0.15) is 6.04 Å². The van der Waals surface area contributed by atoms with Gasteiger partial charge in [-0.05, 0) is 41.9 Å². The molecular formula is C20H24N4O3. The Balaban J connectivity index is 1.31. The molecular weight excluding hydrogens is 344 g/mol. The Kier molecular flexibility index (Phi) is 3.67. The predicted molar refractivity (Wildman–Crippen MR) is 97.4 cm³/mol. The first kappa shape index (κ1) is 16.9. The minimum Gasteiger partial charge on any atom is -0.328 e. The molecule has 4 aliphatic rings. The molecule has 1 aliphatic carbocycles. The third-order valence-corrected chi connectivity index (χ3v) is 6.58. The summed E-state index contributed by atoms with van der Waals surface area (Å²) in [5.74, 6) is -0.727. The number of imide groups is 1. The Morgan fingerprint density at radius 2 is 1.96 bits per heavy atom. The van der Waals surface area contributed by atoms with Crippen LogP contribution in [0.2, 0.25) is 0 Å². The van der Waals surface area contributed by atoms with E-state index in [4.69, 9.17) is 5.73 Å². The minimum atomic E-state index is -0.556. The Hall–Kier alpha value is -2.25. The first-order valence-corrected chi connectivity index (χ1v) is 9.67. The van der Waals surface area contributed by atoms with Gasteiger partial charge in [0.25, 0.3) is 5.91 Å². The second-order valence-corrected chi connectivity index (χ2v) is 8.66. The molecule has 1 atom stereocenters. The van der Waals surface area contributed by atoms with Crippen LogP contribution in [0.4, 0.5) is 0 Å². The molecule has 1 unspecified atom stereocenters. The predicted octanol–water partition coefficient (Wildman–Crippen LogP) is 0.371. The molecule has 3 fully saturated rings. The maximum absolute atomic E-state index is 12.9. The number of benzene rings is 1. The van der Waals surface area contributed by atoms with Gasteiger partial charge in [0.05, 0.1) is 0 Å². The molecule has 7 nitrogen and oxygen atoms in total. The number of nitrogens with one attached hydrogen (secondary N) is 1. The van der Waals surface area contributed by atoms with Gasteiger partial charge in [-0.25, -0.2) is 0 Å². The van der Waals surface area contributed by atoms with E-state index in [2.05, 4.69) is 16.3 Å². The number of carbonyl (C=O) groups is 3. The molecule has 0 bridgehead atoms. The number of likely N-dealkylation sites (tertiary alicyclic amines) is 1. The van der Waals surface area contributed by atoms with Gasteiger partial charge in [0.15, 0.2) is 0 Å². The van der Waals surface area contributed by atoms with Crippen LogP contribution in [0.1, 0.15) is 47.2 Å². The Bertz CT molecular complexity index is 838. The van der Waals surface area contributed by atoms with Crippen LogP contribution in [0.25, 0.3) is 0 Å². The van der Waals surface area contributed by atoms with E-state index < -0.39 is 6.04 Å². The third-order valence-electron chi connectivity index (χ3n) is 6.58. The summed E-state index contributed by atoms with van der Waals surface area (Å²) in [6.07, 6.45) is 2.92. The van der Waals surface area contributed by atoms with Crippen LogP contribution < -0.4 is 11.1 Å². The van der Waals surface area contributed by atoms with Crippen molar-refractivity contribution >= 4 is 17.7 Å². The van der Waals surface area contributed by atoms with Crippen molar-refractivity contribution in [2.75, 3.05) is 13.1 Å². The lowest BCUT2D eigenvalue weighted by molar-refractivity contribution is -0.136. The molecule has 2 saturated heterocycles. The summed E-state index contributed by atoms with van der Waals surface area (Å²) in [6.45, 7) is 3.43. The smallest absolute Gasteiger partial charge is 0.255 e. The van der Waals surface area contributed by atoms with E-state index >= 15 is 0 Å². The largest absolute Gasteiger partial charge is 0.328 e. The van der Waals surface area contributed by atoms with E-state index in [0.717, 1.165) is 43.6 Å². The van der Waals surface area contributed by atoms with Gasteiger partial charge in [-0.2, -0.15) is 0 Å². The number of rotatable bonds is 3. The van der Waals surface area contributed by atoms with Crippen LogP contribution in [0.15, 0.2) is 18.2 Å². The summed E-state index contributed by atoms with van der Waals surface area (Å²) in [7, 11) is 0. The van der Waals surface area contributed by atoms with Crippen LogP contribution in [0.5, 0.6) is 0 Å². The number of piperidine rings is 1. The van der Waals surface area contributed by atoms with Crippen molar-refractivity contribution < 1.29 is 14.4 Å². The average molecular weight is 368 g/mol. The maximum Gasteiger partial charge on any atom is 0.255 e. The summed E-state index contributed by atoms with van der Waals surface area (Å²) < 4.78 is 0. The lowest BCUT2D eigenvalue weighted by Gasteiger charge is -2.58. The van der Waals surface area contributed by atoms with E-state index in [1.165, 1.54) is 0 Å². The summed E-state index contributed by atoms with van der Waals surface area (Å²) in [6, 6.07) is 5.66. The van der Waals surface area contributed by atoms with Gasteiger partial charge in [0.2, 0.25) is 11.8 Å². The van der Waals surface area contributed by atoms with Gasteiger partial charge >= 0.3 is 0 Å². The van der Waals surface area contributed by atoms with Crippen molar-refractivity contribution in [1.82, 2.24) is 15.1 Å². The zero-order valence-corrected chi connectivity index (χ0v) is 15.2. The standard InChI is InChI=1S/C20H24N4O3/c21-13-6-20(7-13)10-23(11-20)8-12-2-1-3-14-15(12)9-24(19(14)27)16-4-5-17(25)22-18(16)26/h1-3,13,16H,4-11,21H2,(H,22,25,26). The first-order valence-electron chi connectivity index (χ1n) is 9.67. The monoisotopic (exact) mass is 368 g/mol. The molecule has 1 saturated carbocycles. The fourth-order valence-corrected chi connectivity index (χ4v) is 5.36. The Labute approximate surface area is 157 Å². The van der Waals surface area contributed by atoms with Crippen molar-refractivity contribution in [2.45, 2.75) is 50.9 Å². The quantitative estimate of drug-likeness (QED) is 0.752. The Morgan fingerprint density at radius 1 is 1.19 bits per heavy atom. The number of hydrogen-bond donors (Lipinski definition) is 2. The number of carbonyl (C=O) groups excluding carboxylic acids is 3. The zero-order valence-electron chi connectivity index (χ0n) is 15.2. The molecule has 5 rings (SSSR count). The van der Waals surface area contributed by atoms with Gasteiger partial charge < -0.3 is 10.6 Å². The highest BCUT2D eigenvalue weighted by molar-refractivity contribution is 6.05. The topological polar surface area (TPSA) is 95.7 Å². The van der Waals surface area contributed by atoms with Gasteiger partial charge in [-0.15, -0.1) is 0 Å². The number of nitrogens with two attached hydrogens (primary N) is 1. The lowest BCUT2D eigenvalue weighted by atomic mass is 9.61. The molecule has 1 spiro atoms. The van der Waals surface area contributed by atoms with Crippen LogP contribution in [0.3, 0.4) is 0 Å². The first-order chi connectivity index (χ1) is 12.9. The summed E-state index contributed by atoms with van der Waals surface area (Å²) in [5.41, 5.74) is 9.26. The molecule has 3 N–H and O–H groups in total. The van der Waals surface area contributed by atoms with E-state index in [9.17, 15) is 14.4 Å². The van der Waals surface area contributed by atoms with Gasteiger partial charge in [-0.3, -0.25) is 24.6 Å². The van der Waals surface area contributed by atoms with Crippen molar-refractivity contribution in [3.63, 3.8) is 0 Å². The van der Waals surface area contributed by atoms with Crippen molar-refractivity contribution in [1.29, 1.82) is 0 Å². The summed E-state index contributed by atoms with van der Waals surface area (Å²) in [5, 5.41) is 2.35. The van der Waals surface area contributed by atoms with E-state index in [1.807, 2.05) is 12.1 Å². The normalized spacial score (nSPS) is 27.4. The molecule has 142 valence electrons. The number of nitrogens with zero attached hydrogens (tertiary/aromatic N) is 2. The van der Waals surface area contributed by atoms with Gasteiger partial charge in [0, 0.05) is 44.2 Å². The van der Waals surface area contributed by atoms with Crippen LogP contribution in [-0.2, 0) is 22.7 Å². The van der Waals surface area contributed by atoms with E-state index in [-0.39, 0.29) is 24.1 Å². The van der Waals surface area contributed by atoms with Crippen molar-refractivity contribution in [3.05, 3.63) is 34.9 Å². The number of fused-ring (bicyclic) bond motifs is 1. The SMILES string of the molecule is NC1CC2(C1)CN(Cc1cccc3c1CN(C1CCC(=O)NC1=O)C3=O)C2. The van der Waals surface area contributed by atoms with Crippen molar-refractivity contribution in [2.24, 2.45) is 11.1 Å². The molecule has 27 heavy (non-hydrogen) atoms. The second kappa shape index (κ2) is 5.87. The highest BCUT2D eigenvalue weighted by Gasteiger charge is 2.51. The molecule has 3 amide bonds.